The van der Waals surface area contributed by atoms with Gasteiger partial charge in [-0.05, 0) is 12.1 Å². The van der Waals surface area contributed by atoms with Crippen LogP contribution in [0.4, 0.5) is 17.2 Å². The number of ether oxygens (including phenoxy) is 1. The fourth-order valence-corrected chi connectivity index (χ4v) is 3.76. The maximum Gasteiger partial charge on any atom is 0.293 e. The van der Waals surface area contributed by atoms with Crippen molar-refractivity contribution in [2.75, 3.05) is 56.7 Å². The van der Waals surface area contributed by atoms with E-state index >= 15 is 0 Å². The summed E-state index contributed by atoms with van der Waals surface area (Å²) < 4.78 is 6.66. The Bertz CT molecular complexity index is 1140. The number of hydrogen-bond acceptors (Lipinski definition) is 9. The smallest absolute Gasteiger partial charge is 0.293 e. The van der Waals surface area contributed by atoms with Crippen molar-refractivity contribution in [3.63, 3.8) is 0 Å². The molecule has 1 fully saturated rings. The lowest BCUT2D eigenvalue weighted by Gasteiger charge is -2.35. The Hall–Kier alpha value is -3.80. The fourth-order valence-electron chi connectivity index (χ4n) is 3.76. The molecule has 0 spiro atoms. The number of piperazine rings is 1. The summed E-state index contributed by atoms with van der Waals surface area (Å²) in [6, 6.07) is 4.51. The van der Waals surface area contributed by atoms with E-state index < -0.39 is 4.92 Å². The lowest BCUT2D eigenvalue weighted by molar-refractivity contribution is -0.384. The van der Waals surface area contributed by atoms with Gasteiger partial charge in [-0.1, -0.05) is 0 Å². The molecular formula is C20H24N8O4. The minimum atomic E-state index is -0.488. The maximum atomic E-state index is 13.0. The van der Waals surface area contributed by atoms with Crippen molar-refractivity contribution in [1.82, 2.24) is 24.6 Å². The van der Waals surface area contributed by atoms with Crippen LogP contribution in [0, 0.1) is 10.1 Å². The van der Waals surface area contributed by atoms with Gasteiger partial charge in [0.1, 0.15) is 17.8 Å². The van der Waals surface area contributed by atoms with E-state index in [2.05, 4.69) is 25.3 Å². The van der Waals surface area contributed by atoms with Crippen molar-refractivity contribution < 1.29 is 14.5 Å². The Morgan fingerprint density at radius 2 is 2.03 bits per heavy atom. The minimum absolute atomic E-state index is 0.134. The highest BCUT2D eigenvalue weighted by molar-refractivity contribution is 5.96. The number of nitrogens with one attached hydrogen (secondary N) is 1. The summed E-state index contributed by atoms with van der Waals surface area (Å²) in [5.41, 5.74) is 1.27. The summed E-state index contributed by atoms with van der Waals surface area (Å²) in [6.45, 7) is 2.98. The average Bonchev–Trinajstić information content (AvgIpc) is 3.20. The van der Waals surface area contributed by atoms with Crippen LogP contribution in [0.1, 0.15) is 10.4 Å². The largest absolute Gasteiger partial charge is 0.383 e. The molecular weight excluding hydrogens is 416 g/mol. The molecule has 12 nitrogen and oxygen atoms in total. The van der Waals surface area contributed by atoms with Gasteiger partial charge in [0.15, 0.2) is 5.65 Å². The van der Waals surface area contributed by atoms with Crippen LogP contribution in [-0.2, 0) is 11.8 Å². The van der Waals surface area contributed by atoms with Crippen LogP contribution in [0.3, 0.4) is 0 Å². The van der Waals surface area contributed by atoms with Crippen molar-refractivity contribution in [3.8, 4) is 0 Å². The van der Waals surface area contributed by atoms with Crippen molar-refractivity contribution in [1.29, 1.82) is 0 Å². The fraction of sp³-hybridized carbons (Fsp3) is 0.400. The second kappa shape index (κ2) is 9.14. The highest BCUT2D eigenvalue weighted by Crippen LogP contribution is 2.27. The molecule has 1 amide bonds. The van der Waals surface area contributed by atoms with Crippen molar-refractivity contribution in [2.45, 2.75) is 0 Å². The number of carbonyl (C=O) groups excluding carboxylic acids is 1. The zero-order valence-corrected chi connectivity index (χ0v) is 17.9. The predicted molar refractivity (Wildman–Crippen MR) is 118 cm³/mol. The van der Waals surface area contributed by atoms with Gasteiger partial charge >= 0.3 is 0 Å². The first kappa shape index (κ1) is 21.4. The Labute approximate surface area is 183 Å². The number of carbonyl (C=O) groups is 1. The normalized spacial score (nSPS) is 14.1. The Morgan fingerprint density at radius 3 is 2.75 bits per heavy atom. The third-order valence-electron chi connectivity index (χ3n) is 5.44. The SMILES string of the molecule is COCCNc1ccc(C(=O)N2CCN(c3ncnc4c3cnn4C)CC2)cc1[N+](=O)[O-]. The number of nitro benzene ring substituents is 1. The van der Waals surface area contributed by atoms with Gasteiger partial charge in [0.25, 0.3) is 11.6 Å². The number of nitrogens with zero attached hydrogens (tertiary/aromatic N) is 7. The monoisotopic (exact) mass is 440 g/mol. The Balaban J connectivity index is 1.46. The van der Waals surface area contributed by atoms with Crippen LogP contribution < -0.4 is 10.2 Å². The van der Waals surface area contributed by atoms with Crippen molar-refractivity contribution in [2.24, 2.45) is 7.05 Å². The number of amides is 1. The highest BCUT2D eigenvalue weighted by Gasteiger charge is 2.26. The summed E-state index contributed by atoms with van der Waals surface area (Å²) in [6.07, 6.45) is 3.25. The molecule has 3 heterocycles. The van der Waals surface area contributed by atoms with Crippen LogP contribution in [0.5, 0.6) is 0 Å². The summed E-state index contributed by atoms with van der Waals surface area (Å²) >= 11 is 0. The van der Waals surface area contributed by atoms with E-state index in [0.717, 1.165) is 16.9 Å². The molecule has 0 saturated carbocycles. The van der Waals surface area contributed by atoms with Crippen molar-refractivity contribution in [3.05, 3.63) is 46.4 Å². The molecule has 32 heavy (non-hydrogen) atoms. The van der Waals surface area contributed by atoms with Crippen molar-refractivity contribution >= 4 is 34.1 Å². The van der Waals surface area contributed by atoms with Gasteiger partial charge < -0.3 is 19.9 Å². The molecule has 2 aromatic heterocycles. The van der Waals surface area contributed by atoms with Crippen LogP contribution >= 0.6 is 0 Å². The standard InChI is InChI=1S/C20H24N8O4/c1-25-18-15(12-24-25)19(23-13-22-18)26-6-8-27(9-7-26)20(29)14-3-4-16(21-5-10-32-2)17(11-14)28(30)31/h3-4,11-13,21H,5-10H2,1-2H3. The summed E-state index contributed by atoms with van der Waals surface area (Å²) in [4.78, 5) is 36.5. The molecule has 12 heteroatoms. The van der Waals surface area contributed by atoms with E-state index in [4.69, 9.17) is 4.74 Å². The third-order valence-corrected chi connectivity index (χ3v) is 5.44. The molecule has 0 aliphatic carbocycles. The van der Waals surface area contributed by atoms with Gasteiger partial charge in [-0.3, -0.25) is 19.6 Å². The second-order valence-corrected chi connectivity index (χ2v) is 7.39. The Kier molecular flexibility index (Phi) is 6.12. The van der Waals surface area contributed by atoms with E-state index in [0.29, 0.717) is 50.6 Å². The minimum Gasteiger partial charge on any atom is -0.383 e. The van der Waals surface area contributed by atoms with Gasteiger partial charge in [0.2, 0.25) is 0 Å². The first-order chi connectivity index (χ1) is 15.5. The molecule has 0 atom stereocenters. The zero-order valence-electron chi connectivity index (χ0n) is 17.9. The number of methoxy groups -OCH3 is 1. The number of benzene rings is 1. The van der Waals surface area contributed by atoms with Gasteiger partial charge in [0, 0.05) is 58.5 Å². The Morgan fingerprint density at radius 1 is 1.25 bits per heavy atom. The zero-order chi connectivity index (χ0) is 22.7. The third kappa shape index (κ3) is 4.17. The quantitative estimate of drug-likeness (QED) is 0.328. The topological polar surface area (TPSA) is 132 Å². The molecule has 1 aromatic carbocycles. The summed E-state index contributed by atoms with van der Waals surface area (Å²) in [5, 5.41) is 19.6. The number of nitro groups is 1. The lowest BCUT2D eigenvalue weighted by Crippen LogP contribution is -2.49. The van der Waals surface area contributed by atoms with E-state index in [1.54, 1.807) is 35.0 Å². The molecule has 3 aromatic rings. The highest BCUT2D eigenvalue weighted by atomic mass is 16.6. The molecule has 1 aliphatic rings. The summed E-state index contributed by atoms with van der Waals surface area (Å²) in [7, 11) is 3.38. The first-order valence-electron chi connectivity index (χ1n) is 10.2. The number of fused-ring (bicyclic) bond motifs is 1. The van der Waals surface area contributed by atoms with E-state index in [9.17, 15) is 14.9 Å². The molecule has 168 valence electrons. The lowest BCUT2D eigenvalue weighted by atomic mass is 10.1. The van der Waals surface area contributed by atoms with E-state index in [1.165, 1.54) is 12.4 Å². The number of rotatable bonds is 7. The molecule has 1 aliphatic heterocycles. The molecule has 0 radical (unpaired) electrons. The maximum absolute atomic E-state index is 13.0. The van der Waals surface area contributed by atoms with Crippen LogP contribution in [0.25, 0.3) is 11.0 Å². The summed E-state index contributed by atoms with van der Waals surface area (Å²) in [5.74, 6) is 0.558. The molecule has 0 unspecified atom stereocenters. The van der Waals surface area contributed by atoms with E-state index in [1.807, 2.05) is 7.05 Å². The number of aryl methyl sites for hydroxylation is 1. The predicted octanol–water partition coefficient (Wildman–Crippen LogP) is 1.29. The van der Waals surface area contributed by atoms with Crippen LogP contribution in [0.15, 0.2) is 30.7 Å². The van der Waals surface area contributed by atoms with Crippen LogP contribution in [0.2, 0.25) is 0 Å². The number of hydrogen-bond donors (Lipinski definition) is 1. The van der Waals surface area contributed by atoms with Gasteiger partial charge in [-0.15, -0.1) is 0 Å². The van der Waals surface area contributed by atoms with Gasteiger partial charge in [0.05, 0.1) is 23.1 Å². The van der Waals surface area contributed by atoms with Gasteiger partial charge in [-0.25, -0.2) is 9.97 Å². The van der Waals surface area contributed by atoms with Gasteiger partial charge in [-0.2, -0.15) is 5.10 Å². The number of aromatic nitrogens is 4. The second-order valence-electron chi connectivity index (χ2n) is 7.39. The molecule has 0 bridgehead atoms. The average molecular weight is 440 g/mol. The molecule has 1 saturated heterocycles. The van der Waals surface area contributed by atoms with Crippen LogP contribution in [-0.4, -0.2) is 81.9 Å². The first-order valence-corrected chi connectivity index (χ1v) is 10.2. The number of anilines is 2. The molecule has 1 N–H and O–H groups in total. The molecule has 4 rings (SSSR count). The van der Waals surface area contributed by atoms with E-state index in [-0.39, 0.29) is 11.6 Å².